The Morgan fingerprint density at radius 3 is 2.40 bits per heavy atom. The number of nitrogens with two attached hydrogens (primary N) is 1. The van der Waals surface area contributed by atoms with Gasteiger partial charge in [0, 0.05) is 18.8 Å². The Morgan fingerprint density at radius 1 is 1.25 bits per heavy atom. The van der Waals surface area contributed by atoms with Gasteiger partial charge in [-0.3, -0.25) is 4.79 Å². The average Bonchev–Trinajstić information content (AvgIpc) is 2.61. The van der Waals surface area contributed by atoms with E-state index in [0.29, 0.717) is 12.3 Å². The van der Waals surface area contributed by atoms with E-state index in [-0.39, 0.29) is 22.8 Å². The molecule has 1 atom stereocenters. The molecule has 1 amide bonds. The van der Waals surface area contributed by atoms with Crippen molar-refractivity contribution in [1.29, 1.82) is 0 Å². The summed E-state index contributed by atoms with van der Waals surface area (Å²) in [5.74, 6) is 0.653. The number of hydrogen-bond donors (Lipinski definition) is 1. The minimum Gasteiger partial charge on any atom is -0.324 e. The second kappa shape index (κ2) is 3.85. The van der Waals surface area contributed by atoms with E-state index in [0.717, 1.165) is 16.8 Å². The molecular formula is C17H24N2O. The first-order valence-electron chi connectivity index (χ1n) is 7.33. The molecule has 1 saturated carbocycles. The van der Waals surface area contributed by atoms with Crippen molar-refractivity contribution in [3.63, 3.8) is 0 Å². The van der Waals surface area contributed by atoms with Gasteiger partial charge >= 0.3 is 0 Å². The standard InChI is InChI=1S/C17H24N2O/c1-16(2)15(17(16,3)4)14(18)10-6-7-12-11(8-10)9-13(20)19(12)5/h6-8,14-15H,9,18H2,1-5H3. The van der Waals surface area contributed by atoms with Crippen molar-refractivity contribution in [3.05, 3.63) is 29.3 Å². The summed E-state index contributed by atoms with van der Waals surface area (Å²) in [6.45, 7) is 9.18. The van der Waals surface area contributed by atoms with E-state index in [4.69, 9.17) is 5.73 Å². The molecule has 2 N–H and O–H groups in total. The first-order chi connectivity index (χ1) is 9.18. The predicted octanol–water partition coefficient (Wildman–Crippen LogP) is 2.89. The molecule has 3 heteroatoms. The Kier molecular flexibility index (Phi) is 2.62. The van der Waals surface area contributed by atoms with Crippen LogP contribution in [0.1, 0.15) is 44.9 Å². The van der Waals surface area contributed by atoms with E-state index in [1.54, 1.807) is 4.90 Å². The van der Waals surface area contributed by atoms with Crippen molar-refractivity contribution in [2.75, 3.05) is 11.9 Å². The van der Waals surface area contributed by atoms with Gasteiger partial charge in [-0.1, -0.05) is 39.8 Å². The number of anilines is 1. The lowest BCUT2D eigenvalue weighted by Crippen LogP contribution is -2.20. The number of carbonyl (C=O) groups excluding carboxylic acids is 1. The lowest BCUT2D eigenvalue weighted by Gasteiger charge is -2.16. The van der Waals surface area contributed by atoms with E-state index in [9.17, 15) is 4.79 Å². The lowest BCUT2D eigenvalue weighted by atomic mass is 9.95. The topological polar surface area (TPSA) is 46.3 Å². The number of carbonyl (C=O) groups is 1. The van der Waals surface area contributed by atoms with Gasteiger partial charge in [-0.25, -0.2) is 0 Å². The summed E-state index contributed by atoms with van der Waals surface area (Å²) in [6.07, 6.45) is 0.504. The molecule has 1 aromatic carbocycles. The number of amides is 1. The van der Waals surface area contributed by atoms with Crippen LogP contribution < -0.4 is 10.6 Å². The van der Waals surface area contributed by atoms with Gasteiger partial charge < -0.3 is 10.6 Å². The SMILES string of the molecule is CN1C(=O)Cc2cc(C(N)C3C(C)(C)C3(C)C)ccc21. The highest BCUT2D eigenvalue weighted by Gasteiger charge is 2.66. The molecule has 1 heterocycles. The van der Waals surface area contributed by atoms with Crippen molar-refractivity contribution in [2.45, 2.75) is 40.2 Å². The number of likely N-dealkylation sites (N-methyl/N-ethyl adjacent to an activating group) is 1. The first kappa shape index (κ1) is 13.6. The van der Waals surface area contributed by atoms with E-state index in [2.05, 4.69) is 39.8 Å². The van der Waals surface area contributed by atoms with Crippen LogP contribution in [0.3, 0.4) is 0 Å². The van der Waals surface area contributed by atoms with Gasteiger partial charge in [-0.15, -0.1) is 0 Å². The van der Waals surface area contributed by atoms with Gasteiger partial charge in [0.2, 0.25) is 5.91 Å². The molecule has 108 valence electrons. The van der Waals surface area contributed by atoms with Crippen LogP contribution in [-0.2, 0) is 11.2 Å². The highest BCUT2D eigenvalue weighted by atomic mass is 16.2. The van der Waals surface area contributed by atoms with Gasteiger partial charge in [-0.05, 0) is 33.9 Å². The molecule has 0 aromatic heterocycles. The fraction of sp³-hybridized carbons (Fsp3) is 0.588. The smallest absolute Gasteiger partial charge is 0.231 e. The zero-order valence-corrected chi connectivity index (χ0v) is 13.0. The van der Waals surface area contributed by atoms with Gasteiger partial charge in [0.25, 0.3) is 0 Å². The van der Waals surface area contributed by atoms with Gasteiger partial charge in [0.1, 0.15) is 0 Å². The monoisotopic (exact) mass is 272 g/mol. The number of hydrogen-bond acceptors (Lipinski definition) is 2. The highest BCUT2D eigenvalue weighted by Crippen LogP contribution is 2.71. The fourth-order valence-electron chi connectivity index (χ4n) is 4.04. The van der Waals surface area contributed by atoms with Crippen LogP contribution in [0.2, 0.25) is 0 Å². The third-order valence-electron chi connectivity index (χ3n) is 6.06. The van der Waals surface area contributed by atoms with Gasteiger partial charge in [0.15, 0.2) is 0 Å². The summed E-state index contributed by atoms with van der Waals surface area (Å²) >= 11 is 0. The molecular weight excluding hydrogens is 248 g/mol. The van der Waals surface area contributed by atoms with E-state index in [1.807, 2.05) is 13.1 Å². The summed E-state index contributed by atoms with van der Waals surface area (Å²) in [6, 6.07) is 6.30. The maximum atomic E-state index is 11.8. The van der Waals surface area contributed by atoms with Crippen molar-refractivity contribution >= 4 is 11.6 Å². The van der Waals surface area contributed by atoms with Crippen LogP contribution in [0.4, 0.5) is 5.69 Å². The summed E-state index contributed by atoms with van der Waals surface area (Å²) in [4.78, 5) is 13.5. The van der Waals surface area contributed by atoms with Crippen LogP contribution in [0.5, 0.6) is 0 Å². The number of benzene rings is 1. The van der Waals surface area contributed by atoms with Gasteiger partial charge in [0.05, 0.1) is 6.42 Å². The van der Waals surface area contributed by atoms with Crippen LogP contribution in [0.15, 0.2) is 18.2 Å². The third-order valence-corrected chi connectivity index (χ3v) is 6.06. The van der Waals surface area contributed by atoms with E-state index in [1.165, 1.54) is 0 Å². The quantitative estimate of drug-likeness (QED) is 0.900. The summed E-state index contributed by atoms with van der Waals surface area (Å²) < 4.78 is 0. The summed E-state index contributed by atoms with van der Waals surface area (Å²) in [5.41, 5.74) is 10.4. The second-order valence-electron chi connectivity index (χ2n) is 7.46. The number of nitrogens with zero attached hydrogens (tertiary/aromatic N) is 1. The third kappa shape index (κ3) is 1.59. The molecule has 0 spiro atoms. The maximum absolute atomic E-state index is 11.8. The molecule has 2 aliphatic rings. The normalized spacial score (nSPS) is 24.7. The fourth-order valence-corrected chi connectivity index (χ4v) is 4.04. The van der Waals surface area contributed by atoms with E-state index >= 15 is 0 Å². The molecule has 1 fully saturated rings. The zero-order valence-electron chi connectivity index (χ0n) is 13.0. The van der Waals surface area contributed by atoms with Crippen LogP contribution in [0.25, 0.3) is 0 Å². The Hall–Kier alpha value is -1.35. The first-order valence-corrected chi connectivity index (χ1v) is 7.33. The van der Waals surface area contributed by atoms with Crippen molar-refractivity contribution in [3.8, 4) is 0 Å². The number of fused-ring (bicyclic) bond motifs is 1. The lowest BCUT2D eigenvalue weighted by molar-refractivity contribution is -0.117. The summed E-state index contributed by atoms with van der Waals surface area (Å²) in [5, 5.41) is 0. The van der Waals surface area contributed by atoms with Crippen LogP contribution in [0, 0.1) is 16.7 Å². The molecule has 1 aliphatic carbocycles. The molecule has 0 radical (unpaired) electrons. The molecule has 0 bridgehead atoms. The van der Waals surface area contributed by atoms with Crippen LogP contribution in [-0.4, -0.2) is 13.0 Å². The van der Waals surface area contributed by atoms with Crippen molar-refractivity contribution in [1.82, 2.24) is 0 Å². The Labute approximate surface area is 121 Å². The minimum absolute atomic E-state index is 0.0475. The van der Waals surface area contributed by atoms with Gasteiger partial charge in [-0.2, -0.15) is 0 Å². The molecule has 1 aromatic rings. The molecule has 0 saturated heterocycles. The molecule has 1 aliphatic heterocycles. The average molecular weight is 272 g/mol. The Balaban J connectivity index is 1.91. The molecule has 3 nitrogen and oxygen atoms in total. The second-order valence-corrected chi connectivity index (χ2v) is 7.46. The molecule has 1 unspecified atom stereocenters. The van der Waals surface area contributed by atoms with E-state index < -0.39 is 0 Å². The van der Waals surface area contributed by atoms with Crippen LogP contribution >= 0.6 is 0 Å². The zero-order chi connectivity index (χ0) is 14.9. The Bertz CT molecular complexity index is 575. The Morgan fingerprint density at radius 2 is 1.85 bits per heavy atom. The number of rotatable bonds is 2. The maximum Gasteiger partial charge on any atom is 0.231 e. The highest BCUT2D eigenvalue weighted by molar-refractivity contribution is 6.00. The minimum atomic E-state index is 0.0475. The predicted molar refractivity (Wildman–Crippen MR) is 81.5 cm³/mol. The molecule has 20 heavy (non-hydrogen) atoms. The molecule has 3 rings (SSSR count). The largest absolute Gasteiger partial charge is 0.324 e. The van der Waals surface area contributed by atoms with Crippen molar-refractivity contribution in [2.24, 2.45) is 22.5 Å². The van der Waals surface area contributed by atoms with Crippen molar-refractivity contribution < 1.29 is 4.79 Å². The summed E-state index contributed by atoms with van der Waals surface area (Å²) in [7, 11) is 1.83.